The number of carbonyl (C=O) groups excluding carboxylic acids is 1. The molecule has 0 aromatic heterocycles. The highest BCUT2D eigenvalue weighted by molar-refractivity contribution is 8.04. The summed E-state index contributed by atoms with van der Waals surface area (Å²) in [6.45, 7) is 4.65. The van der Waals surface area contributed by atoms with Crippen LogP contribution in [0.25, 0.3) is 0 Å². The van der Waals surface area contributed by atoms with Gasteiger partial charge in [-0.3, -0.25) is 4.79 Å². The third-order valence-corrected chi connectivity index (χ3v) is 10.7. The highest BCUT2D eigenvalue weighted by Gasteiger charge is 2.29. The summed E-state index contributed by atoms with van der Waals surface area (Å²) in [4.78, 5) is 12.9. The maximum Gasteiger partial charge on any atom is 0.186 e. The van der Waals surface area contributed by atoms with Gasteiger partial charge in [-0.2, -0.15) is 0 Å². The van der Waals surface area contributed by atoms with E-state index in [1.165, 1.54) is 15.3 Å². The minimum Gasteiger partial charge on any atom is -0.289 e. The number of ketones is 1. The van der Waals surface area contributed by atoms with Gasteiger partial charge in [-0.05, 0) is 16.2 Å². The predicted molar refractivity (Wildman–Crippen MR) is 120 cm³/mol. The number of allylic oxidation sites excluding steroid dienone is 1. The molecule has 1 nitrogen and oxygen atoms in total. The lowest BCUT2D eigenvalue weighted by Gasteiger charge is -2.26. The summed E-state index contributed by atoms with van der Waals surface area (Å²) in [5.74, 6) is 0.959. The second kappa shape index (κ2) is 9.02. The SMILES string of the molecule is C[Si](C)(/C(=C\C(=O)c1ccccc1)SCc1ccccc1)c1ccccc1. The molecule has 0 aliphatic rings. The quantitative estimate of drug-likeness (QED) is 0.287. The number of hydrogen-bond donors (Lipinski definition) is 0. The smallest absolute Gasteiger partial charge is 0.186 e. The van der Waals surface area contributed by atoms with E-state index in [-0.39, 0.29) is 5.78 Å². The minimum absolute atomic E-state index is 0.0858. The van der Waals surface area contributed by atoms with E-state index >= 15 is 0 Å². The van der Waals surface area contributed by atoms with Gasteiger partial charge in [-0.25, -0.2) is 0 Å². The molecule has 136 valence electrons. The Morgan fingerprint density at radius 1 is 0.815 bits per heavy atom. The number of thioether (sulfide) groups is 1. The van der Waals surface area contributed by atoms with Crippen LogP contribution in [-0.4, -0.2) is 13.9 Å². The molecule has 0 fully saturated rings. The Morgan fingerprint density at radius 3 is 1.93 bits per heavy atom. The Kier molecular flexibility index (Phi) is 6.48. The van der Waals surface area contributed by atoms with Crippen molar-refractivity contribution in [1.29, 1.82) is 0 Å². The maximum absolute atomic E-state index is 12.9. The first-order valence-electron chi connectivity index (χ1n) is 9.11. The van der Waals surface area contributed by atoms with E-state index in [0.717, 1.165) is 11.3 Å². The van der Waals surface area contributed by atoms with Crippen molar-refractivity contribution in [3.05, 3.63) is 113 Å². The molecular weight excluding hydrogens is 364 g/mol. The fourth-order valence-electron chi connectivity index (χ4n) is 2.94. The van der Waals surface area contributed by atoms with Gasteiger partial charge in [-0.15, -0.1) is 11.8 Å². The fraction of sp³-hybridized carbons (Fsp3) is 0.125. The van der Waals surface area contributed by atoms with Crippen molar-refractivity contribution >= 4 is 30.8 Å². The summed E-state index contributed by atoms with van der Waals surface area (Å²) in [6, 6.07) is 30.6. The zero-order valence-corrected chi connectivity index (χ0v) is 17.6. The Balaban J connectivity index is 1.93. The van der Waals surface area contributed by atoms with Crippen LogP contribution in [0.15, 0.2) is 102 Å². The average molecular weight is 389 g/mol. The average Bonchev–Trinajstić information content (AvgIpc) is 2.73. The molecule has 0 amide bonds. The summed E-state index contributed by atoms with van der Waals surface area (Å²) in [7, 11) is -1.96. The van der Waals surface area contributed by atoms with Crippen LogP contribution in [0.4, 0.5) is 0 Å². The summed E-state index contributed by atoms with van der Waals surface area (Å²) >= 11 is 1.80. The number of rotatable bonds is 7. The van der Waals surface area contributed by atoms with Crippen LogP contribution in [0.5, 0.6) is 0 Å². The molecule has 0 bridgehead atoms. The lowest BCUT2D eigenvalue weighted by atomic mass is 10.1. The lowest BCUT2D eigenvalue weighted by Crippen LogP contribution is -2.43. The molecule has 0 N–H and O–H groups in total. The lowest BCUT2D eigenvalue weighted by molar-refractivity contribution is 0.104. The molecule has 0 spiro atoms. The zero-order chi connectivity index (χ0) is 19.1. The van der Waals surface area contributed by atoms with Gasteiger partial charge in [0, 0.05) is 11.3 Å². The van der Waals surface area contributed by atoms with Crippen molar-refractivity contribution < 1.29 is 4.79 Å². The molecule has 3 rings (SSSR count). The molecule has 0 heterocycles. The van der Waals surface area contributed by atoms with Crippen LogP contribution < -0.4 is 5.19 Å². The molecule has 0 radical (unpaired) electrons. The van der Waals surface area contributed by atoms with E-state index in [4.69, 9.17) is 0 Å². The van der Waals surface area contributed by atoms with Crippen LogP contribution in [-0.2, 0) is 5.75 Å². The third kappa shape index (κ3) is 5.09. The van der Waals surface area contributed by atoms with E-state index < -0.39 is 8.07 Å². The largest absolute Gasteiger partial charge is 0.289 e. The van der Waals surface area contributed by atoms with Gasteiger partial charge in [-0.1, -0.05) is 109 Å². The van der Waals surface area contributed by atoms with Crippen molar-refractivity contribution in [3.8, 4) is 0 Å². The van der Waals surface area contributed by atoms with Crippen LogP contribution in [0.3, 0.4) is 0 Å². The van der Waals surface area contributed by atoms with E-state index in [9.17, 15) is 4.79 Å². The zero-order valence-electron chi connectivity index (χ0n) is 15.8. The maximum atomic E-state index is 12.9. The van der Waals surface area contributed by atoms with Crippen LogP contribution in [0.2, 0.25) is 13.1 Å². The summed E-state index contributed by atoms with van der Waals surface area (Å²) in [6.07, 6.45) is 1.88. The fourth-order valence-corrected chi connectivity index (χ4v) is 7.46. The van der Waals surface area contributed by atoms with Crippen molar-refractivity contribution in [2.75, 3.05) is 0 Å². The van der Waals surface area contributed by atoms with Crippen LogP contribution >= 0.6 is 11.8 Å². The van der Waals surface area contributed by atoms with Crippen molar-refractivity contribution in [2.24, 2.45) is 0 Å². The monoisotopic (exact) mass is 388 g/mol. The number of hydrogen-bond acceptors (Lipinski definition) is 2. The number of benzene rings is 3. The third-order valence-electron chi connectivity index (χ3n) is 4.67. The van der Waals surface area contributed by atoms with Gasteiger partial charge in [0.15, 0.2) is 5.78 Å². The Labute approximate surface area is 167 Å². The highest BCUT2D eigenvalue weighted by atomic mass is 32.2. The van der Waals surface area contributed by atoms with Gasteiger partial charge in [0.1, 0.15) is 8.07 Å². The minimum atomic E-state index is -1.96. The molecule has 0 atom stereocenters. The molecule has 0 saturated heterocycles. The Morgan fingerprint density at radius 2 is 1.33 bits per heavy atom. The van der Waals surface area contributed by atoms with Crippen LogP contribution in [0.1, 0.15) is 15.9 Å². The Bertz CT molecular complexity index is 903. The van der Waals surface area contributed by atoms with E-state index in [1.807, 2.05) is 48.5 Å². The summed E-state index contributed by atoms with van der Waals surface area (Å²) in [5.41, 5.74) is 2.02. The number of carbonyl (C=O) groups is 1. The van der Waals surface area contributed by atoms with E-state index in [2.05, 4.69) is 61.6 Å². The molecule has 3 aromatic carbocycles. The van der Waals surface area contributed by atoms with Gasteiger partial charge in [0.25, 0.3) is 0 Å². The first kappa shape index (κ1) is 19.4. The van der Waals surface area contributed by atoms with Gasteiger partial charge in [0.05, 0.1) is 0 Å². The molecular formula is C24H24OSSi. The van der Waals surface area contributed by atoms with E-state index in [0.29, 0.717) is 0 Å². The van der Waals surface area contributed by atoms with Crippen molar-refractivity contribution in [3.63, 3.8) is 0 Å². The molecule has 3 heteroatoms. The van der Waals surface area contributed by atoms with Gasteiger partial charge in [0.2, 0.25) is 0 Å². The molecule has 27 heavy (non-hydrogen) atoms. The second-order valence-corrected chi connectivity index (χ2v) is 12.7. The van der Waals surface area contributed by atoms with Gasteiger partial charge < -0.3 is 0 Å². The standard InChI is InChI=1S/C24H24OSSi/c1-27(2,22-16-10-5-11-17-22)24(26-19-20-12-6-3-7-13-20)18-23(25)21-14-8-4-9-15-21/h3-18H,19H2,1-2H3/b24-18-. The normalized spacial score (nSPS) is 12.0. The summed E-state index contributed by atoms with van der Waals surface area (Å²) in [5, 5.41) is 1.35. The topological polar surface area (TPSA) is 17.1 Å². The Hall–Kier alpha value is -2.36. The first-order valence-corrected chi connectivity index (χ1v) is 13.1. The molecule has 0 aliphatic heterocycles. The van der Waals surface area contributed by atoms with Crippen molar-refractivity contribution in [1.82, 2.24) is 0 Å². The van der Waals surface area contributed by atoms with Gasteiger partial charge >= 0.3 is 0 Å². The molecule has 0 saturated carbocycles. The highest BCUT2D eigenvalue weighted by Crippen LogP contribution is 2.30. The first-order chi connectivity index (χ1) is 13.1. The molecule has 0 unspecified atom stereocenters. The van der Waals surface area contributed by atoms with Crippen molar-refractivity contribution in [2.45, 2.75) is 18.8 Å². The predicted octanol–water partition coefficient (Wildman–Crippen LogP) is 5.84. The van der Waals surface area contributed by atoms with E-state index in [1.54, 1.807) is 11.8 Å². The summed E-state index contributed by atoms with van der Waals surface area (Å²) < 4.78 is 1.21. The molecule has 3 aromatic rings. The molecule has 0 aliphatic carbocycles. The second-order valence-electron chi connectivity index (χ2n) is 7.00. The van der Waals surface area contributed by atoms with Crippen LogP contribution in [0, 0.1) is 0 Å².